The van der Waals surface area contributed by atoms with E-state index in [9.17, 15) is 5.11 Å². The standard InChI is InChI=1S/C18H20O3/c1-12-7-8-17(20-2)15(9-12)18(19)14-10-13-5-3-4-6-16(13)21-11-14/h3-9,14,18-19H,10-11H2,1-2H3. The molecule has 0 spiro atoms. The molecule has 2 atom stereocenters. The molecule has 0 bridgehead atoms. The van der Waals surface area contributed by atoms with Crippen LogP contribution < -0.4 is 9.47 Å². The fourth-order valence-corrected chi connectivity index (χ4v) is 2.89. The lowest BCUT2D eigenvalue weighted by molar-refractivity contribution is 0.0626. The molecule has 1 aliphatic heterocycles. The third kappa shape index (κ3) is 2.74. The van der Waals surface area contributed by atoms with Gasteiger partial charge in [-0.15, -0.1) is 0 Å². The minimum absolute atomic E-state index is 0.0376. The molecule has 3 heteroatoms. The van der Waals surface area contributed by atoms with Crippen molar-refractivity contribution in [3.8, 4) is 11.5 Å². The van der Waals surface area contributed by atoms with Crippen LogP contribution in [0.3, 0.4) is 0 Å². The zero-order chi connectivity index (χ0) is 14.8. The fraction of sp³-hybridized carbons (Fsp3) is 0.333. The van der Waals surface area contributed by atoms with Crippen LogP contribution in [-0.4, -0.2) is 18.8 Å². The van der Waals surface area contributed by atoms with E-state index in [1.54, 1.807) is 7.11 Å². The molecule has 21 heavy (non-hydrogen) atoms. The zero-order valence-electron chi connectivity index (χ0n) is 12.4. The number of para-hydroxylation sites is 1. The van der Waals surface area contributed by atoms with Gasteiger partial charge in [0.15, 0.2) is 0 Å². The minimum atomic E-state index is -0.590. The summed E-state index contributed by atoms with van der Waals surface area (Å²) in [7, 11) is 1.63. The first-order valence-corrected chi connectivity index (χ1v) is 7.22. The van der Waals surface area contributed by atoms with Crippen molar-refractivity contribution in [3.63, 3.8) is 0 Å². The van der Waals surface area contributed by atoms with Gasteiger partial charge in [-0.3, -0.25) is 0 Å². The largest absolute Gasteiger partial charge is 0.496 e. The van der Waals surface area contributed by atoms with E-state index < -0.39 is 6.10 Å². The molecule has 3 nitrogen and oxygen atoms in total. The molecule has 2 aromatic carbocycles. The summed E-state index contributed by atoms with van der Waals surface area (Å²) >= 11 is 0. The highest BCUT2D eigenvalue weighted by Gasteiger charge is 2.28. The van der Waals surface area contributed by atoms with Crippen LogP contribution in [0.15, 0.2) is 42.5 Å². The maximum absolute atomic E-state index is 10.7. The van der Waals surface area contributed by atoms with E-state index in [4.69, 9.17) is 9.47 Å². The number of aliphatic hydroxyl groups excluding tert-OH is 1. The summed E-state index contributed by atoms with van der Waals surface area (Å²) < 4.78 is 11.2. The van der Waals surface area contributed by atoms with E-state index in [1.165, 1.54) is 0 Å². The first-order valence-electron chi connectivity index (χ1n) is 7.22. The van der Waals surface area contributed by atoms with Crippen molar-refractivity contribution in [1.82, 2.24) is 0 Å². The molecule has 0 aromatic heterocycles. The second-order valence-electron chi connectivity index (χ2n) is 5.57. The number of aliphatic hydroxyl groups is 1. The van der Waals surface area contributed by atoms with Gasteiger partial charge in [0, 0.05) is 11.5 Å². The van der Waals surface area contributed by atoms with E-state index in [1.807, 2.05) is 43.3 Å². The minimum Gasteiger partial charge on any atom is -0.496 e. The van der Waals surface area contributed by atoms with Crippen LogP contribution in [0.2, 0.25) is 0 Å². The summed E-state index contributed by atoms with van der Waals surface area (Å²) in [6.07, 6.45) is 0.224. The number of methoxy groups -OCH3 is 1. The summed E-state index contributed by atoms with van der Waals surface area (Å²) in [5, 5.41) is 10.7. The van der Waals surface area contributed by atoms with Crippen molar-refractivity contribution in [2.24, 2.45) is 5.92 Å². The Bertz CT molecular complexity index is 636. The molecular weight excluding hydrogens is 264 g/mol. The van der Waals surface area contributed by atoms with Gasteiger partial charge in [-0.25, -0.2) is 0 Å². The van der Waals surface area contributed by atoms with Crippen LogP contribution >= 0.6 is 0 Å². The quantitative estimate of drug-likeness (QED) is 0.940. The SMILES string of the molecule is COc1ccc(C)cc1C(O)C1COc2ccccc2C1. The average Bonchev–Trinajstić information content (AvgIpc) is 2.53. The number of hydrogen-bond acceptors (Lipinski definition) is 3. The predicted octanol–water partition coefficient (Wildman–Crippen LogP) is 3.29. The summed E-state index contributed by atoms with van der Waals surface area (Å²) in [4.78, 5) is 0. The molecule has 1 aliphatic rings. The Kier molecular flexibility index (Phi) is 3.84. The van der Waals surface area contributed by atoms with Crippen LogP contribution in [0, 0.1) is 12.8 Å². The molecule has 0 saturated heterocycles. The third-order valence-corrected chi connectivity index (χ3v) is 4.06. The van der Waals surface area contributed by atoms with Crippen molar-refractivity contribution < 1.29 is 14.6 Å². The van der Waals surface area contributed by atoms with E-state index in [-0.39, 0.29) is 5.92 Å². The van der Waals surface area contributed by atoms with E-state index >= 15 is 0 Å². The summed E-state index contributed by atoms with van der Waals surface area (Å²) in [5.41, 5.74) is 3.10. The van der Waals surface area contributed by atoms with Crippen molar-refractivity contribution in [2.45, 2.75) is 19.4 Å². The Balaban J connectivity index is 1.87. The molecule has 0 fully saturated rings. The Hall–Kier alpha value is -2.00. The smallest absolute Gasteiger partial charge is 0.124 e. The molecule has 0 radical (unpaired) electrons. The molecule has 0 saturated carbocycles. The van der Waals surface area contributed by atoms with Gasteiger partial charge in [-0.2, -0.15) is 0 Å². The van der Waals surface area contributed by atoms with E-state index in [0.29, 0.717) is 6.61 Å². The van der Waals surface area contributed by atoms with Gasteiger partial charge < -0.3 is 14.6 Å². The van der Waals surface area contributed by atoms with Crippen molar-refractivity contribution >= 4 is 0 Å². The molecule has 1 N–H and O–H groups in total. The molecule has 0 amide bonds. The second kappa shape index (κ2) is 5.78. The highest BCUT2D eigenvalue weighted by molar-refractivity contribution is 5.40. The highest BCUT2D eigenvalue weighted by Crippen LogP contribution is 2.36. The Morgan fingerprint density at radius 3 is 2.86 bits per heavy atom. The number of aryl methyl sites for hydroxylation is 1. The maximum Gasteiger partial charge on any atom is 0.124 e. The van der Waals surface area contributed by atoms with E-state index in [2.05, 4.69) is 6.07 Å². The summed E-state index contributed by atoms with van der Waals surface area (Å²) in [6.45, 7) is 2.54. The molecule has 2 unspecified atom stereocenters. The Morgan fingerprint density at radius 2 is 2.05 bits per heavy atom. The van der Waals surface area contributed by atoms with Crippen molar-refractivity contribution in [1.29, 1.82) is 0 Å². The fourth-order valence-electron chi connectivity index (χ4n) is 2.89. The first kappa shape index (κ1) is 14.0. The Labute approximate surface area is 125 Å². The topological polar surface area (TPSA) is 38.7 Å². The third-order valence-electron chi connectivity index (χ3n) is 4.06. The predicted molar refractivity (Wildman–Crippen MR) is 81.8 cm³/mol. The van der Waals surface area contributed by atoms with Gasteiger partial charge in [0.1, 0.15) is 11.5 Å². The van der Waals surface area contributed by atoms with Crippen molar-refractivity contribution in [2.75, 3.05) is 13.7 Å². The maximum atomic E-state index is 10.7. The van der Waals surface area contributed by atoms with Gasteiger partial charge >= 0.3 is 0 Å². The number of ether oxygens (including phenoxy) is 2. The van der Waals surface area contributed by atoms with Gasteiger partial charge in [0.05, 0.1) is 19.8 Å². The lowest BCUT2D eigenvalue weighted by Gasteiger charge is -2.29. The monoisotopic (exact) mass is 284 g/mol. The molecule has 0 aliphatic carbocycles. The molecule has 110 valence electrons. The number of hydrogen-bond donors (Lipinski definition) is 1. The first-order chi connectivity index (χ1) is 10.2. The van der Waals surface area contributed by atoms with Gasteiger partial charge in [0.2, 0.25) is 0 Å². The summed E-state index contributed by atoms with van der Waals surface area (Å²) in [5.74, 6) is 1.69. The van der Waals surface area contributed by atoms with Crippen LogP contribution in [-0.2, 0) is 6.42 Å². The highest BCUT2D eigenvalue weighted by atomic mass is 16.5. The van der Waals surface area contributed by atoms with Gasteiger partial charge in [-0.05, 0) is 37.1 Å². The van der Waals surface area contributed by atoms with E-state index in [0.717, 1.165) is 34.6 Å². The normalized spacial score (nSPS) is 18.5. The average molecular weight is 284 g/mol. The number of fused-ring (bicyclic) bond motifs is 1. The van der Waals surface area contributed by atoms with Crippen LogP contribution in [0.5, 0.6) is 11.5 Å². The molecular formula is C18H20O3. The zero-order valence-corrected chi connectivity index (χ0v) is 12.4. The van der Waals surface area contributed by atoms with Crippen LogP contribution in [0.1, 0.15) is 22.8 Å². The van der Waals surface area contributed by atoms with Crippen LogP contribution in [0.25, 0.3) is 0 Å². The van der Waals surface area contributed by atoms with Crippen LogP contribution in [0.4, 0.5) is 0 Å². The van der Waals surface area contributed by atoms with Gasteiger partial charge in [-0.1, -0.05) is 29.8 Å². The molecule has 1 heterocycles. The van der Waals surface area contributed by atoms with Crippen molar-refractivity contribution in [3.05, 3.63) is 59.2 Å². The Morgan fingerprint density at radius 1 is 1.24 bits per heavy atom. The van der Waals surface area contributed by atoms with Gasteiger partial charge in [0.25, 0.3) is 0 Å². The second-order valence-corrected chi connectivity index (χ2v) is 5.57. The molecule has 3 rings (SSSR count). The lowest BCUT2D eigenvalue weighted by atomic mass is 9.87. The molecule has 2 aromatic rings. The lowest BCUT2D eigenvalue weighted by Crippen LogP contribution is -2.27. The number of rotatable bonds is 3. The number of benzene rings is 2. The summed E-state index contributed by atoms with van der Waals surface area (Å²) in [6, 6.07) is 13.9.